The molecule has 2 aromatic rings. The molecule has 0 amide bonds. The van der Waals surface area contributed by atoms with Crippen molar-refractivity contribution in [1.29, 1.82) is 5.26 Å². The number of anilines is 1. The zero-order valence-electron chi connectivity index (χ0n) is 11.5. The third kappa shape index (κ3) is 2.19. The number of nitriles is 1. The molecule has 1 aliphatic rings. The maximum Gasteiger partial charge on any atom is 0.187 e. The van der Waals surface area contributed by atoms with Crippen LogP contribution in [0.1, 0.15) is 18.5 Å². The summed E-state index contributed by atoms with van der Waals surface area (Å²) in [4.78, 5) is 2.18. The average molecular weight is 267 g/mol. The topological polar surface area (TPSA) is 64.8 Å². The molecule has 1 unspecified atom stereocenters. The van der Waals surface area contributed by atoms with E-state index in [1.54, 1.807) is 0 Å². The monoisotopic (exact) mass is 267 g/mol. The van der Waals surface area contributed by atoms with Crippen molar-refractivity contribution in [3.8, 4) is 6.07 Å². The Labute approximate surface area is 118 Å². The summed E-state index contributed by atoms with van der Waals surface area (Å²) in [5.41, 5.74) is 2.13. The van der Waals surface area contributed by atoms with Gasteiger partial charge in [0.1, 0.15) is 6.07 Å². The van der Waals surface area contributed by atoms with Crippen LogP contribution in [0.25, 0.3) is 10.9 Å². The summed E-state index contributed by atoms with van der Waals surface area (Å²) >= 11 is 0. The summed E-state index contributed by atoms with van der Waals surface area (Å²) in [6.45, 7) is 2.02. The molecule has 1 atom stereocenters. The zero-order chi connectivity index (χ0) is 13.9. The van der Waals surface area contributed by atoms with Gasteiger partial charge in [0.2, 0.25) is 0 Å². The molecule has 0 aliphatic carbocycles. The van der Waals surface area contributed by atoms with Gasteiger partial charge in [-0.1, -0.05) is 18.2 Å². The van der Waals surface area contributed by atoms with Crippen molar-refractivity contribution in [3.05, 3.63) is 30.0 Å². The molecule has 1 aliphatic heterocycles. The predicted octanol–water partition coefficient (Wildman–Crippen LogP) is 1.69. The average Bonchev–Trinajstić information content (AvgIpc) is 2.54. The van der Waals surface area contributed by atoms with E-state index in [9.17, 15) is 5.26 Å². The van der Waals surface area contributed by atoms with E-state index in [-0.39, 0.29) is 0 Å². The first-order chi connectivity index (χ1) is 9.81. The molecule has 1 aromatic heterocycles. The Hall–Kier alpha value is -2.19. The summed E-state index contributed by atoms with van der Waals surface area (Å²) < 4.78 is 0. The number of likely N-dealkylation sites (N-methyl/N-ethyl adjacent to an activating group) is 1. The van der Waals surface area contributed by atoms with Crippen molar-refractivity contribution in [2.75, 3.05) is 25.0 Å². The summed E-state index contributed by atoms with van der Waals surface area (Å²) in [7, 11) is 2.04. The van der Waals surface area contributed by atoms with Gasteiger partial charge >= 0.3 is 0 Å². The van der Waals surface area contributed by atoms with Crippen LogP contribution in [-0.2, 0) is 0 Å². The third-order valence-electron chi connectivity index (χ3n) is 3.92. The number of fused-ring (bicyclic) bond motifs is 1. The number of nitrogens with zero attached hydrogens (tertiary/aromatic N) is 4. The largest absolute Gasteiger partial charge is 0.367 e. The molecule has 1 aromatic carbocycles. The van der Waals surface area contributed by atoms with Gasteiger partial charge in [-0.3, -0.25) is 0 Å². The lowest BCUT2D eigenvalue weighted by Crippen LogP contribution is -2.44. The molecule has 102 valence electrons. The normalized spacial score (nSPS) is 18.7. The number of hydrogen-bond acceptors (Lipinski definition) is 5. The number of nitrogens with one attached hydrogen (secondary N) is 1. The fourth-order valence-electron chi connectivity index (χ4n) is 2.82. The second-order valence-electron chi connectivity index (χ2n) is 5.14. The smallest absolute Gasteiger partial charge is 0.187 e. The Morgan fingerprint density at radius 1 is 1.35 bits per heavy atom. The highest BCUT2D eigenvalue weighted by Crippen LogP contribution is 2.29. The van der Waals surface area contributed by atoms with Crippen molar-refractivity contribution in [3.63, 3.8) is 0 Å². The number of rotatable bonds is 2. The molecule has 20 heavy (non-hydrogen) atoms. The summed E-state index contributed by atoms with van der Waals surface area (Å²) in [5.74, 6) is 0. The maximum atomic E-state index is 9.33. The molecule has 1 saturated heterocycles. The van der Waals surface area contributed by atoms with Gasteiger partial charge in [-0.05, 0) is 25.5 Å². The molecule has 5 nitrogen and oxygen atoms in total. The van der Waals surface area contributed by atoms with Gasteiger partial charge in [-0.2, -0.15) is 5.26 Å². The molecule has 2 heterocycles. The van der Waals surface area contributed by atoms with Crippen LogP contribution in [0.15, 0.2) is 24.3 Å². The minimum absolute atomic E-state index is 0.392. The van der Waals surface area contributed by atoms with Gasteiger partial charge in [-0.15, -0.1) is 10.2 Å². The van der Waals surface area contributed by atoms with Crippen LogP contribution in [0.5, 0.6) is 0 Å². The minimum atomic E-state index is 0.392. The highest BCUT2D eigenvalue weighted by molar-refractivity contribution is 5.93. The molecule has 1 fully saturated rings. The van der Waals surface area contributed by atoms with Crippen molar-refractivity contribution >= 4 is 16.6 Å². The number of benzene rings is 1. The zero-order valence-corrected chi connectivity index (χ0v) is 11.5. The molecular weight excluding hydrogens is 250 g/mol. The molecular formula is C15H17N5. The van der Waals surface area contributed by atoms with Gasteiger partial charge in [0.15, 0.2) is 5.69 Å². The molecule has 3 rings (SSSR count). The van der Waals surface area contributed by atoms with Crippen LogP contribution in [0, 0.1) is 11.3 Å². The molecule has 0 spiro atoms. The molecule has 0 radical (unpaired) electrons. The van der Waals surface area contributed by atoms with Crippen molar-refractivity contribution in [2.24, 2.45) is 0 Å². The Morgan fingerprint density at radius 3 is 2.95 bits per heavy atom. The minimum Gasteiger partial charge on any atom is -0.367 e. The lowest BCUT2D eigenvalue weighted by atomic mass is 10.0. The molecule has 0 saturated carbocycles. The van der Waals surface area contributed by atoms with Crippen LogP contribution in [0.2, 0.25) is 0 Å². The first kappa shape index (κ1) is 12.8. The van der Waals surface area contributed by atoms with Crippen LogP contribution in [0.4, 0.5) is 5.69 Å². The molecule has 5 heteroatoms. The second-order valence-corrected chi connectivity index (χ2v) is 5.14. The highest BCUT2D eigenvalue weighted by atomic mass is 15.2. The van der Waals surface area contributed by atoms with E-state index in [2.05, 4.69) is 26.5 Å². The lowest BCUT2D eigenvalue weighted by molar-refractivity contribution is 0.445. The fourth-order valence-corrected chi connectivity index (χ4v) is 2.82. The highest BCUT2D eigenvalue weighted by Gasteiger charge is 2.22. The van der Waals surface area contributed by atoms with E-state index in [0.29, 0.717) is 11.7 Å². The Kier molecular flexibility index (Phi) is 3.48. The van der Waals surface area contributed by atoms with Crippen LogP contribution >= 0.6 is 0 Å². The van der Waals surface area contributed by atoms with Gasteiger partial charge in [0.25, 0.3) is 0 Å². The second kappa shape index (κ2) is 5.43. The van der Waals surface area contributed by atoms with E-state index in [4.69, 9.17) is 0 Å². The SMILES string of the molecule is CN(c1c(C#N)nnc2ccccc12)C1CCCNC1. The van der Waals surface area contributed by atoms with Crippen LogP contribution < -0.4 is 10.2 Å². The quantitative estimate of drug-likeness (QED) is 0.897. The van der Waals surface area contributed by atoms with Gasteiger partial charge < -0.3 is 10.2 Å². The summed E-state index contributed by atoms with van der Waals surface area (Å²) in [5, 5.41) is 21.9. The first-order valence-electron chi connectivity index (χ1n) is 6.90. The van der Waals surface area contributed by atoms with Crippen molar-refractivity contribution in [2.45, 2.75) is 18.9 Å². The lowest BCUT2D eigenvalue weighted by Gasteiger charge is -2.34. The standard InChI is InChI=1S/C15H17N5/c1-20(11-5-4-8-17-10-11)15-12-6-2-3-7-13(12)18-19-14(15)9-16/h2-3,6-7,11,17H,4-5,8,10H2,1H3. The van der Waals surface area contributed by atoms with E-state index < -0.39 is 0 Å². The van der Waals surface area contributed by atoms with Gasteiger partial charge in [0.05, 0.1) is 11.2 Å². The molecule has 1 N–H and O–H groups in total. The maximum absolute atomic E-state index is 9.33. The fraction of sp³-hybridized carbons (Fsp3) is 0.400. The third-order valence-corrected chi connectivity index (χ3v) is 3.92. The van der Waals surface area contributed by atoms with Crippen molar-refractivity contribution in [1.82, 2.24) is 15.5 Å². The van der Waals surface area contributed by atoms with Crippen molar-refractivity contribution < 1.29 is 0 Å². The number of piperidine rings is 1. The van der Waals surface area contributed by atoms with Gasteiger partial charge in [-0.25, -0.2) is 0 Å². The van der Waals surface area contributed by atoms with E-state index in [1.165, 1.54) is 0 Å². The Bertz CT molecular complexity index is 655. The Morgan fingerprint density at radius 2 is 2.20 bits per heavy atom. The summed E-state index contributed by atoms with van der Waals surface area (Å²) in [6, 6.07) is 10.4. The van der Waals surface area contributed by atoms with E-state index >= 15 is 0 Å². The van der Waals surface area contributed by atoms with Gasteiger partial charge in [0, 0.05) is 25.0 Å². The Balaban J connectivity index is 2.10. The van der Waals surface area contributed by atoms with Crippen LogP contribution in [0.3, 0.4) is 0 Å². The number of hydrogen-bond donors (Lipinski definition) is 1. The summed E-state index contributed by atoms with van der Waals surface area (Å²) in [6.07, 6.45) is 2.29. The first-order valence-corrected chi connectivity index (χ1v) is 6.90. The molecule has 0 bridgehead atoms. The predicted molar refractivity (Wildman–Crippen MR) is 78.5 cm³/mol. The van der Waals surface area contributed by atoms with E-state index in [1.807, 2.05) is 31.3 Å². The number of aromatic nitrogens is 2. The van der Waals surface area contributed by atoms with E-state index in [0.717, 1.165) is 42.5 Å². The van der Waals surface area contributed by atoms with Crippen LogP contribution in [-0.4, -0.2) is 36.4 Å².